The molecule has 1 aromatic rings. The Labute approximate surface area is 90.5 Å². The van der Waals surface area contributed by atoms with Crippen molar-refractivity contribution in [2.75, 3.05) is 12.3 Å². The van der Waals surface area contributed by atoms with Crippen molar-refractivity contribution in [3.8, 4) is 11.8 Å². The summed E-state index contributed by atoms with van der Waals surface area (Å²) >= 11 is 0. The molecule has 0 radical (unpaired) electrons. The van der Waals surface area contributed by atoms with Crippen LogP contribution in [-0.4, -0.2) is 6.61 Å². The Morgan fingerprint density at radius 3 is 2.73 bits per heavy atom. The summed E-state index contributed by atoms with van der Waals surface area (Å²) in [5, 5.41) is 8.34. The van der Waals surface area contributed by atoms with Crippen molar-refractivity contribution in [3.05, 3.63) is 24.3 Å². The van der Waals surface area contributed by atoms with E-state index in [2.05, 4.69) is 6.07 Å². The number of nitrogen functional groups attached to an aromatic ring is 1. The molecule has 0 atom stereocenters. The molecule has 2 N–H and O–H groups in total. The number of rotatable bonds is 6. The molecule has 0 amide bonds. The molecule has 0 heterocycles. The second kappa shape index (κ2) is 6.72. The molecule has 0 aromatic heterocycles. The first-order valence-electron chi connectivity index (χ1n) is 5.19. The third-order valence-electron chi connectivity index (χ3n) is 2.11. The smallest absolute Gasteiger partial charge is 0.142 e. The number of nitrogens with two attached hydrogens (primary N) is 1. The van der Waals surface area contributed by atoms with Crippen LogP contribution in [0.3, 0.4) is 0 Å². The summed E-state index contributed by atoms with van der Waals surface area (Å²) in [6, 6.07) is 9.60. The molecule has 1 rings (SSSR count). The topological polar surface area (TPSA) is 59.0 Å². The zero-order valence-electron chi connectivity index (χ0n) is 8.78. The molecular weight excluding hydrogens is 188 g/mol. The van der Waals surface area contributed by atoms with Gasteiger partial charge in [0.15, 0.2) is 0 Å². The third-order valence-corrected chi connectivity index (χ3v) is 2.11. The summed E-state index contributed by atoms with van der Waals surface area (Å²) in [5.74, 6) is 0.748. The van der Waals surface area contributed by atoms with Gasteiger partial charge in [-0.05, 0) is 31.4 Å². The minimum atomic E-state index is 0.632. The van der Waals surface area contributed by atoms with Gasteiger partial charge in [-0.3, -0.25) is 0 Å². The van der Waals surface area contributed by atoms with Crippen molar-refractivity contribution in [1.82, 2.24) is 0 Å². The maximum atomic E-state index is 8.34. The Kier molecular flexibility index (Phi) is 5.10. The number of unbranched alkanes of at least 4 members (excludes halogenated alkanes) is 3. The highest BCUT2D eigenvalue weighted by Gasteiger charge is 1.97. The molecule has 0 aliphatic carbocycles. The van der Waals surface area contributed by atoms with E-state index in [9.17, 15) is 0 Å². The molecule has 0 bridgehead atoms. The molecule has 15 heavy (non-hydrogen) atoms. The van der Waals surface area contributed by atoms with E-state index in [0.717, 1.165) is 25.0 Å². The van der Waals surface area contributed by atoms with Crippen molar-refractivity contribution in [2.24, 2.45) is 0 Å². The molecule has 0 spiro atoms. The first-order chi connectivity index (χ1) is 7.34. The Morgan fingerprint density at radius 2 is 2.00 bits per heavy atom. The fourth-order valence-electron chi connectivity index (χ4n) is 1.28. The van der Waals surface area contributed by atoms with E-state index in [0.29, 0.717) is 18.7 Å². The van der Waals surface area contributed by atoms with Gasteiger partial charge in [0.25, 0.3) is 0 Å². The number of ether oxygens (including phenoxy) is 1. The number of hydrogen-bond donors (Lipinski definition) is 1. The minimum absolute atomic E-state index is 0.632. The molecule has 80 valence electrons. The summed E-state index contributed by atoms with van der Waals surface area (Å²) < 4.78 is 5.51. The zero-order chi connectivity index (χ0) is 10.9. The van der Waals surface area contributed by atoms with Gasteiger partial charge in [0.05, 0.1) is 18.4 Å². The van der Waals surface area contributed by atoms with E-state index in [1.165, 1.54) is 0 Å². The van der Waals surface area contributed by atoms with Crippen LogP contribution < -0.4 is 10.5 Å². The maximum absolute atomic E-state index is 8.34. The van der Waals surface area contributed by atoms with E-state index in [1.54, 1.807) is 0 Å². The predicted octanol–water partition coefficient (Wildman–Crippen LogP) is 2.73. The molecule has 0 saturated heterocycles. The van der Waals surface area contributed by atoms with Crippen LogP contribution in [-0.2, 0) is 0 Å². The summed E-state index contributed by atoms with van der Waals surface area (Å²) in [6.45, 7) is 0.666. The Bertz CT molecular complexity index is 331. The molecule has 0 aliphatic rings. The van der Waals surface area contributed by atoms with Crippen LogP contribution in [0.1, 0.15) is 25.7 Å². The Balaban J connectivity index is 2.16. The molecule has 0 fully saturated rings. The quantitative estimate of drug-likeness (QED) is 0.572. The zero-order valence-corrected chi connectivity index (χ0v) is 8.78. The van der Waals surface area contributed by atoms with Crippen LogP contribution in [0, 0.1) is 11.3 Å². The average Bonchev–Trinajstić information content (AvgIpc) is 2.25. The van der Waals surface area contributed by atoms with Gasteiger partial charge in [-0.1, -0.05) is 12.1 Å². The number of nitrogens with zero attached hydrogens (tertiary/aromatic N) is 1. The maximum Gasteiger partial charge on any atom is 0.142 e. The number of para-hydroxylation sites is 2. The summed E-state index contributed by atoms with van der Waals surface area (Å²) in [7, 11) is 0. The SMILES string of the molecule is N#CCCCCCOc1ccccc1N. The van der Waals surface area contributed by atoms with Gasteiger partial charge in [0.1, 0.15) is 5.75 Å². The number of benzene rings is 1. The monoisotopic (exact) mass is 204 g/mol. The normalized spacial score (nSPS) is 9.53. The van der Waals surface area contributed by atoms with E-state index < -0.39 is 0 Å². The van der Waals surface area contributed by atoms with E-state index in [-0.39, 0.29) is 0 Å². The first kappa shape index (κ1) is 11.4. The second-order valence-electron chi connectivity index (χ2n) is 3.36. The molecule has 0 saturated carbocycles. The standard InChI is InChI=1S/C12H16N2O/c13-9-5-1-2-6-10-15-12-8-4-3-7-11(12)14/h3-4,7-8H,1-2,5-6,10,14H2. The largest absolute Gasteiger partial charge is 0.491 e. The van der Waals surface area contributed by atoms with E-state index in [1.807, 2.05) is 24.3 Å². The molecular formula is C12H16N2O. The van der Waals surface area contributed by atoms with E-state index in [4.69, 9.17) is 15.7 Å². The lowest BCUT2D eigenvalue weighted by Gasteiger charge is -2.07. The van der Waals surface area contributed by atoms with Crippen LogP contribution in [0.5, 0.6) is 5.75 Å². The van der Waals surface area contributed by atoms with Gasteiger partial charge in [0.2, 0.25) is 0 Å². The minimum Gasteiger partial charge on any atom is -0.491 e. The highest BCUT2D eigenvalue weighted by Crippen LogP contribution is 2.19. The Morgan fingerprint density at radius 1 is 1.20 bits per heavy atom. The average molecular weight is 204 g/mol. The van der Waals surface area contributed by atoms with Crippen LogP contribution in [0.25, 0.3) is 0 Å². The second-order valence-corrected chi connectivity index (χ2v) is 3.36. The third kappa shape index (κ3) is 4.37. The highest BCUT2D eigenvalue weighted by atomic mass is 16.5. The molecule has 3 nitrogen and oxygen atoms in total. The lowest BCUT2D eigenvalue weighted by atomic mass is 10.2. The fraction of sp³-hybridized carbons (Fsp3) is 0.417. The van der Waals surface area contributed by atoms with Crippen molar-refractivity contribution in [2.45, 2.75) is 25.7 Å². The van der Waals surface area contributed by atoms with Gasteiger partial charge in [-0.15, -0.1) is 0 Å². The van der Waals surface area contributed by atoms with Crippen molar-refractivity contribution in [1.29, 1.82) is 5.26 Å². The number of nitriles is 1. The summed E-state index contributed by atoms with van der Waals surface area (Å²) in [5.41, 5.74) is 6.39. The highest BCUT2D eigenvalue weighted by molar-refractivity contribution is 5.51. The summed E-state index contributed by atoms with van der Waals surface area (Å²) in [6.07, 6.45) is 3.58. The van der Waals surface area contributed by atoms with Gasteiger partial charge in [-0.25, -0.2) is 0 Å². The predicted molar refractivity (Wildman–Crippen MR) is 60.4 cm³/mol. The van der Waals surface area contributed by atoms with Crippen LogP contribution in [0.4, 0.5) is 5.69 Å². The van der Waals surface area contributed by atoms with Crippen LogP contribution in [0.15, 0.2) is 24.3 Å². The van der Waals surface area contributed by atoms with E-state index >= 15 is 0 Å². The van der Waals surface area contributed by atoms with Crippen molar-refractivity contribution >= 4 is 5.69 Å². The van der Waals surface area contributed by atoms with Gasteiger partial charge in [-0.2, -0.15) is 5.26 Å². The van der Waals surface area contributed by atoms with Crippen molar-refractivity contribution in [3.63, 3.8) is 0 Å². The lowest BCUT2D eigenvalue weighted by molar-refractivity contribution is 0.307. The molecule has 0 unspecified atom stereocenters. The van der Waals surface area contributed by atoms with Crippen LogP contribution in [0.2, 0.25) is 0 Å². The van der Waals surface area contributed by atoms with Gasteiger partial charge in [0, 0.05) is 6.42 Å². The molecule has 3 heteroatoms. The molecule has 1 aromatic carbocycles. The van der Waals surface area contributed by atoms with Crippen molar-refractivity contribution < 1.29 is 4.74 Å². The number of anilines is 1. The lowest BCUT2D eigenvalue weighted by Crippen LogP contribution is -1.99. The van der Waals surface area contributed by atoms with Gasteiger partial charge < -0.3 is 10.5 Å². The number of hydrogen-bond acceptors (Lipinski definition) is 3. The van der Waals surface area contributed by atoms with Crippen LogP contribution >= 0.6 is 0 Å². The summed E-state index contributed by atoms with van der Waals surface area (Å²) in [4.78, 5) is 0. The molecule has 0 aliphatic heterocycles. The van der Waals surface area contributed by atoms with Gasteiger partial charge >= 0.3 is 0 Å². The first-order valence-corrected chi connectivity index (χ1v) is 5.19. The fourth-order valence-corrected chi connectivity index (χ4v) is 1.28. The Hall–Kier alpha value is -1.69.